The van der Waals surface area contributed by atoms with E-state index in [9.17, 15) is 14.7 Å². The lowest BCUT2D eigenvalue weighted by Gasteiger charge is -2.34. The van der Waals surface area contributed by atoms with E-state index in [1.165, 1.54) is 11.3 Å². The number of fused-ring (bicyclic) bond motifs is 1. The van der Waals surface area contributed by atoms with Crippen LogP contribution in [0.1, 0.15) is 53.2 Å². The van der Waals surface area contributed by atoms with Gasteiger partial charge in [-0.15, -0.1) is 11.3 Å². The van der Waals surface area contributed by atoms with Gasteiger partial charge < -0.3 is 24.4 Å². The molecule has 0 radical (unpaired) electrons. The van der Waals surface area contributed by atoms with Crippen LogP contribution in [0, 0.1) is 0 Å². The molecule has 0 unspecified atom stereocenters. The van der Waals surface area contributed by atoms with E-state index in [4.69, 9.17) is 16.1 Å². The number of halogens is 1. The van der Waals surface area contributed by atoms with Crippen molar-refractivity contribution in [2.75, 3.05) is 13.1 Å². The highest BCUT2D eigenvalue weighted by atomic mass is 35.5. The van der Waals surface area contributed by atoms with Gasteiger partial charge in [0.15, 0.2) is 5.76 Å². The maximum absolute atomic E-state index is 13.4. The molecule has 36 heavy (non-hydrogen) atoms. The maximum atomic E-state index is 13.4. The van der Waals surface area contributed by atoms with Crippen LogP contribution in [0.3, 0.4) is 0 Å². The first-order valence-corrected chi connectivity index (χ1v) is 13.1. The van der Waals surface area contributed by atoms with Crippen LogP contribution in [0.2, 0.25) is 4.34 Å². The smallest absolute Gasteiger partial charge is 0.335 e. The van der Waals surface area contributed by atoms with Crippen LogP contribution in [0.5, 0.6) is 0 Å². The highest BCUT2D eigenvalue weighted by molar-refractivity contribution is 7.19. The first-order chi connectivity index (χ1) is 17.3. The molecule has 1 aromatic carbocycles. The molecular weight excluding hydrogens is 500 g/mol. The molecule has 4 aromatic rings. The standard InChI is InChI=1S/C26H27ClN4O4S/c1-15(2)30-9-7-18(8-10-30)28-25(32)21-12-17-11-16(26(33)34)3-4-20(17)31(21)14-19-13-22(35-29-19)23-5-6-24(27)36-23/h3-6,11-13,15,18H,7-10,14H2,1-2H3,(H,28,32)(H,33,34). The number of piperidine rings is 1. The fourth-order valence-corrected chi connectivity index (χ4v) is 5.68. The van der Waals surface area contributed by atoms with Crippen LogP contribution < -0.4 is 5.32 Å². The number of nitrogens with zero attached hydrogens (tertiary/aromatic N) is 3. The van der Waals surface area contributed by atoms with Crippen LogP contribution in [-0.4, -0.2) is 56.8 Å². The van der Waals surface area contributed by atoms with E-state index in [1.807, 2.05) is 16.7 Å². The predicted molar refractivity (Wildman–Crippen MR) is 140 cm³/mol. The van der Waals surface area contributed by atoms with Crippen LogP contribution >= 0.6 is 22.9 Å². The second kappa shape index (κ2) is 10.1. The van der Waals surface area contributed by atoms with Crippen molar-refractivity contribution in [2.45, 2.75) is 45.3 Å². The summed E-state index contributed by atoms with van der Waals surface area (Å²) in [6.45, 7) is 6.56. The van der Waals surface area contributed by atoms with Crippen molar-refractivity contribution in [3.63, 3.8) is 0 Å². The molecule has 4 heterocycles. The largest absolute Gasteiger partial charge is 0.478 e. The Kier molecular flexibility index (Phi) is 6.87. The number of carboxylic acid groups (broad SMARTS) is 1. The first kappa shape index (κ1) is 24.5. The Labute approximate surface area is 217 Å². The fraction of sp³-hybridized carbons (Fsp3) is 0.346. The number of hydrogen-bond donors (Lipinski definition) is 2. The molecule has 5 rings (SSSR count). The number of likely N-dealkylation sites (tertiary alicyclic amines) is 1. The van der Waals surface area contributed by atoms with E-state index >= 15 is 0 Å². The molecule has 0 atom stereocenters. The molecule has 2 N–H and O–H groups in total. The second-order valence-electron chi connectivity index (χ2n) is 9.36. The van der Waals surface area contributed by atoms with Crippen LogP contribution in [0.15, 0.2) is 47.0 Å². The van der Waals surface area contributed by atoms with Gasteiger partial charge in [0.2, 0.25) is 0 Å². The average Bonchev–Trinajstić information content (AvgIpc) is 3.58. The van der Waals surface area contributed by atoms with E-state index in [0.29, 0.717) is 39.5 Å². The van der Waals surface area contributed by atoms with Crippen molar-refractivity contribution in [2.24, 2.45) is 0 Å². The maximum Gasteiger partial charge on any atom is 0.335 e. The summed E-state index contributed by atoms with van der Waals surface area (Å²) in [6, 6.07) is 12.7. The van der Waals surface area contributed by atoms with E-state index in [2.05, 4.69) is 29.2 Å². The third-order valence-corrected chi connectivity index (χ3v) is 7.92. The van der Waals surface area contributed by atoms with Gasteiger partial charge in [-0.2, -0.15) is 0 Å². The zero-order valence-electron chi connectivity index (χ0n) is 20.0. The monoisotopic (exact) mass is 526 g/mol. The summed E-state index contributed by atoms with van der Waals surface area (Å²) in [5.74, 6) is -0.586. The summed E-state index contributed by atoms with van der Waals surface area (Å²) in [4.78, 5) is 28.2. The molecule has 1 amide bonds. The minimum absolute atomic E-state index is 0.0933. The van der Waals surface area contributed by atoms with Crippen molar-refractivity contribution in [1.82, 2.24) is 19.9 Å². The number of aromatic nitrogens is 2. The van der Waals surface area contributed by atoms with Gasteiger partial charge in [-0.1, -0.05) is 16.8 Å². The van der Waals surface area contributed by atoms with Gasteiger partial charge in [0.1, 0.15) is 11.4 Å². The summed E-state index contributed by atoms with van der Waals surface area (Å²) in [6.07, 6.45) is 1.78. The van der Waals surface area contributed by atoms with Gasteiger partial charge in [0.05, 0.1) is 21.3 Å². The Morgan fingerprint density at radius 3 is 2.64 bits per heavy atom. The number of thiophene rings is 1. The van der Waals surface area contributed by atoms with Gasteiger partial charge in [-0.3, -0.25) is 4.79 Å². The van der Waals surface area contributed by atoms with Gasteiger partial charge in [0.25, 0.3) is 5.91 Å². The Balaban J connectivity index is 1.43. The molecule has 0 bridgehead atoms. The highest BCUT2D eigenvalue weighted by Gasteiger charge is 2.25. The summed E-state index contributed by atoms with van der Waals surface area (Å²) in [5.41, 5.74) is 2.03. The van der Waals surface area contributed by atoms with Gasteiger partial charge >= 0.3 is 5.97 Å². The third kappa shape index (κ3) is 5.04. The Bertz CT molecular complexity index is 1410. The summed E-state index contributed by atoms with van der Waals surface area (Å²) >= 11 is 7.45. The van der Waals surface area contributed by atoms with Gasteiger partial charge in [-0.25, -0.2) is 4.79 Å². The molecule has 0 aliphatic carbocycles. The molecule has 10 heteroatoms. The molecule has 1 fully saturated rings. The zero-order chi connectivity index (χ0) is 25.4. The molecular formula is C26H27ClN4O4S. The number of hydrogen-bond acceptors (Lipinski definition) is 6. The predicted octanol–water partition coefficient (Wildman–Crippen LogP) is 5.36. The lowest BCUT2D eigenvalue weighted by molar-refractivity contribution is 0.0696. The molecule has 0 spiro atoms. The normalized spacial score (nSPS) is 15.1. The van der Waals surface area contributed by atoms with Crippen LogP contribution in [0.4, 0.5) is 0 Å². The summed E-state index contributed by atoms with van der Waals surface area (Å²) in [5, 5.41) is 17.5. The van der Waals surface area contributed by atoms with E-state index < -0.39 is 5.97 Å². The van der Waals surface area contributed by atoms with Crippen molar-refractivity contribution >= 4 is 45.7 Å². The number of rotatable bonds is 7. The minimum atomic E-state index is -1.01. The fourth-order valence-electron chi connectivity index (χ4n) is 4.69. The molecule has 1 saturated heterocycles. The first-order valence-electron chi connectivity index (χ1n) is 11.9. The molecule has 0 saturated carbocycles. The van der Waals surface area contributed by atoms with E-state index in [-0.39, 0.29) is 17.5 Å². The molecule has 3 aromatic heterocycles. The number of aromatic carboxylic acids is 1. The number of nitrogens with one attached hydrogen (secondary N) is 1. The van der Waals surface area contributed by atoms with Crippen molar-refractivity contribution < 1.29 is 19.2 Å². The van der Waals surface area contributed by atoms with Crippen molar-refractivity contribution in [3.05, 3.63) is 63.8 Å². The number of carbonyl (C=O) groups excluding carboxylic acids is 1. The number of benzene rings is 1. The lowest BCUT2D eigenvalue weighted by atomic mass is 10.0. The minimum Gasteiger partial charge on any atom is -0.478 e. The highest BCUT2D eigenvalue weighted by Crippen LogP contribution is 2.32. The van der Waals surface area contributed by atoms with Crippen molar-refractivity contribution in [1.29, 1.82) is 0 Å². The summed E-state index contributed by atoms with van der Waals surface area (Å²) in [7, 11) is 0. The summed E-state index contributed by atoms with van der Waals surface area (Å²) < 4.78 is 8.05. The number of amides is 1. The number of carboxylic acids is 1. The topological polar surface area (TPSA) is 101 Å². The lowest BCUT2D eigenvalue weighted by Crippen LogP contribution is -2.46. The SMILES string of the molecule is CC(C)N1CCC(NC(=O)c2cc3cc(C(=O)O)ccc3n2Cc2cc(-c3ccc(Cl)s3)on2)CC1. The average molecular weight is 527 g/mol. The second-order valence-corrected chi connectivity index (χ2v) is 11.1. The zero-order valence-corrected chi connectivity index (χ0v) is 21.6. The number of carbonyl (C=O) groups is 2. The molecule has 1 aliphatic rings. The van der Waals surface area contributed by atoms with Gasteiger partial charge in [0, 0.05) is 42.1 Å². The molecule has 1 aliphatic heterocycles. The van der Waals surface area contributed by atoms with Gasteiger partial charge in [-0.05, 0) is 63.1 Å². The van der Waals surface area contributed by atoms with Crippen LogP contribution in [0.25, 0.3) is 21.5 Å². The van der Waals surface area contributed by atoms with E-state index in [1.54, 1.807) is 30.3 Å². The Hall–Kier alpha value is -3.14. The Morgan fingerprint density at radius 1 is 1.19 bits per heavy atom. The Morgan fingerprint density at radius 2 is 1.97 bits per heavy atom. The van der Waals surface area contributed by atoms with E-state index in [0.717, 1.165) is 36.3 Å². The third-order valence-electron chi connectivity index (χ3n) is 6.67. The molecule has 188 valence electrons. The molecule has 8 nitrogen and oxygen atoms in total. The van der Waals surface area contributed by atoms with Crippen molar-refractivity contribution in [3.8, 4) is 10.6 Å². The quantitative estimate of drug-likeness (QED) is 0.336. The van der Waals surface area contributed by atoms with Crippen LogP contribution in [-0.2, 0) is 6.54 Å².